The maximum absolute atomic E-state index is 5.84. The molecular formula is C10H24O4Si. The van der Waals surface area contributed by atoms with Gasteiger partial charge in [-0.3, -0.25) is 0 Å². The molecule has 0 aromatic heterocycles. The molecule has 0 fully saturated rings. The minimum Gasteiger partial charge on any atom is -0.355 e. The zero-order valence-corrected chi connectivity index (χ0v) is 11.5. The van der Waals surface area contributed by atoms with Crippen LogP contribution in [0.3, 0.4) is 0 Å². The molecule has 15 heavy (non-hydrogen) atoms. The van der Waals surface area contributed by atoms with Crippen molar-refractivity contribution in [2.45, 2.75) is 46.6 Å². The van der Waals surface area contributed by atoms with Crippen molar-refractivity contribution in [2.75, 3.05) is 20.3 Å². The standard InChI is InChI=1S/C10H24O4Si/c1-6-10(7-2)14-15(11-5,12-8-3)13-9-4/h10H,6-9H2,1-5H3. The van der Waals surface area contributed by atoms with E-state index in [0.717, 1.165) is 12.8 Å². The van der Waals surface area contributed by atoms with Gasteiger partial charge in [0.15, 0.2) is 0 Å². The molecule has 0 aliphatic carbocycles. The summed E-state index contributed by atoms with van der Waals surface area (Å²) in [5, 5.41) is 0. The van der Waals surface area contributed by atoms with E-state index in [2.05, 4.69) is 13.8 Å². The van der Waals surface area contributed by atoms with E-state index in [0.29, 0.717) is 13.2 Å². The molecule has 0 saturated carbocycles. The van der Waals surface area contributed by atoms with E-state index in [1.165, 1.54) is 0 Å². The highest BCUT2D eigenvalue weighted by Crippen LogP contribution is 2.16. The van der Waals surface area contributed by atoms with Crippen LogP contribution >= 0.6 is 0 Å². The predicted molar refractivity (Wildman–Crippen MR) is 61.5 cm³/mol. The van der Waals surface area contributed by atoms with E-state index in [4.69, 9.17) is 17.7 Å². The smallest absolute Gasteiger partial charge is 0.355 e. The van der Waals surface area contributed by atoms with Crippen LogP contribution in [0.2, 0.25) is 0 Å². The Morgan fingerprint density at radius 3 is 1.67 bits per heavy atom. The van der Waals surface area contributed by atoms with Crippen molar-refractivity contribution in [1.29, 1.82) is 0 Å². The minimum absolute atomic E-state index is 0.148. The number of hydrogen-bond donors (Lipinski definition) is 0. The number of rotatable bonds is 9. The Hall–Kier alpha value is 0.0569. The average Bonchev–Trinajstić information content (AvgIpc) is 2.26. The van der Waals surface area contributed by atoms with Gasteiger partial charge in [0.1, 0.15) is 0 Å². The van der Waals surface area contributed by atoms with E-state index in [1.54, 1.807) is 7.11 Å². The van der Waals surface area contributed by atoms with E-state index in [1.807, 2.05) is 13.8 Å². The molecule has 0 spiro atoms. The summed E-state index contributed by atoms with van der Waals surface area (Å²) in [5.41, 5.74) is 0. The third-order valence-electron chi connectivity index (χ3n) is 2.11. The second-order valence-electron chi connectivity index (χ2n) is 3.13. The zero-order chi connectivity index (χ0) is 11.7. The minimum atomic E-state index is -2.87. The van der Waals surface area contributed by atoms with Crippen molar-refractivity contribution < 1.29 is 17.7 Å². The fourth-order valence-corrected chi connectivity index (χ4v) is 3.29. The molecule has 0 bridgehead atoms. The molecule has 0 N–H and O–H groups in total. The second-order valence-corrected chi connectivity index (χ2v) is 5.35. The Morgan fingerprint density at radius 2 is 1.40 bits per heavy atom. The Morgan fingerprint density at radius 1 is 0.933 bits per heavy atom. The normalized spacial score (nSPS) is 12.4. The van der Waals surface area contributed by atoms with Crippen molar-refractivity contribution in [3.05, 3.63) is 0 Å². The highest BCUT2D eigenvalue weighted by Gasteiger charge is 2.45. The van der Waals surface area contributed by atoms with Gasteiger partial charge in [0, 0.05) is 20.3 Å². The second kappa shape index (κ2) is 8.24. The van der Waals surface area contributed by atoms with Crippen molar-refractivity contribution >= 4 is 9.05 Å². The van der Waals surface area contributed by atoms with E-state index >= 15 is 0 Å². The summed E-state index contributed by atoms with van der Waals surface area (Å²) in [5.74, 6) is 0. The Bertz CT molecular complexity index is 144. The maximum atomic E-state index is 5.84. The highest BCUT2D eigenvalue weighted by atomic mass is 28.4. The van der Waals surface area contributed by atoms with Crippen LogP contribution in [0, 0.1) is 0 Å². The third-order valence-corrected chi connectivity index (χ3v) is 4.52. The molecule has 92 valence electrons. The van der Waals surface area contributed by atoms with Crippen LogP contribution < -0.4 is 0 Å². The quantitative estimate of drug-likeness (QED) is 0.576. The summed E-state index contributed by atoms with van der Waals surface area (Å²) in [7, 11) is -1.29. The van der Waals surface area contributed by atoms with Gasteiger partial charge >= 0.3 is 9.05 Å². The lowest BCUT2D eigenvalue weighted by Gasteiger charge is -2.29. The van der Waals surface area contributed by atoms with Crippen LogP contribution in [0.25, 0.3) is 0 Å². The molecule has 0 aliphatic rings. The summed E-state index contributed by atoms with van der Waals surface area (Å²) in [6.07, 6.45) is 2.03. The molecule has 0 rings (SSSR count). The predicted octanol–water partition coefficient (Wildman–Crippen LogP) is 2.35. The van der Waals surface area contributed by atoms with Crippen molar-refractivity contribution in [3.8, 4) is 0 Å². The third kappa shape index (κ3) is 5.08. The fourth-order valence-electron chi connectivity index (χ4n) is 1.29. The molecule has 0 saturated heterocycles. The van der Waals surface area contributed by atoms with Gasteiger partial charge in [0.05, 0.1) is 6.10 Å². The first kappa shape index (κ1) is 15.1. The first-order valence-electron chi connectivity index (χ1n) is 5.68. The topological polar surface area (TPSA) is 36.9 Å². The average molecular weight is 236 g/mol. The largest absolute Gasteiger partial charge is 0.679 e. The van der Waals surface area contributed by atoms with Crippen LogP contribution in [0.15, 0.2) is 0 Å². The van der Waals surface area contributed by atoms with Crippen LogP contribution in [-0.4, -0.2) is 35.5 Å². The monoisotopic (exact) mass is 236 g/mol. The Balaban J connectivity index is 4.43. The maximum Gasteiger partial charge on any atom is 0.679 e. The molecule has 0 aromatic carbocycles. The van der Waals surface area contributed by atoms with Gasteiger partial charge in [-0.15, -0.1) is 0 Å². The van der Waals surface area contributed by atoms with Crippen LogP contribution in [-0.2, 0) is 17.7 Å². The van der Waals surface area contributed by atoms with E-state index in [9.17, 15) is 0 Å². The fraction of sp³-hybridized carbons (Fsp3) is 1.00. The highest BCUT2D eigenvalue weighted by molar-refractivity contribution is 6.53. The summed E-state index contributed by atoms with van der Waals surface area (Å²) >= 11 is 0. The van der Waals surface area contributed by atoms with Crippen molar-refractivity contribution in [3.63, 3.8) is 0 Å². The summed E-state index contributed by atoms with van der Waals surface area (Å²) in [4.78, 5) is 0. The SMILES string of the molecule is CCO[Si](OC)(OCC)OC(CC)CC. The lowest BCUT2D eigenvalue weighted by atomic mass is 10.2. The van der Waals surface area contributed by atoms with Crippen LogP contribution in [0.5, 0.6) is 0 Å². The molecule has 0 radical (unpaired) electrons. The van der Waals surface area contributed by atoms with Gasteiger partial charge in [0.25, 0.3) is 0 Å². The van der Waals surface area contributed by atoms with Gasteiger partial charge in [-0.2, -0.15) is 0 Å². The molecule has 0 heterocycles. The molecule has 0 atom stereocenters. The van der Waals surface area contributed by atoms with Crippen molar-refractivity contribution in [2.24, 2.45) is 0 Å². The first-order valence-corrected chi connectivity index (χ1v) is 7.32. The van der Waals surface area contributed by atoms with E-state index < -0.39 is 9.05 Å². The van der Waals surface area contributed by atoms with E-state index in [-0.39, 0.29) is 6.10 Å². The zero-order valence-electron chi connectivity index (χ0n) is 10.5. The molecular weight excluding hydrogens is 212 g/mol. The summed E-state index contributed by atoms with van der Waals surface area (Å²) in [6.45, 7) is 9.08. The molecule has 0 aliphatic heterocycles. The number of hydrogen-bond acceptors (Lipinski definition) is 4. The lowest BCUT2D eigenvalue weighted by molar-refractivity contribution is -0.0427. The molecule has 0 unspecified atom stereocenters. The first-order chi connectivity index (χ1) is 7.17. The van der Waals surface area contributed by atoms with Gasteiger partial charge in [-0.1, -0.05) is 13.8 Å². The molecule has 5 heteroatoms. The summed E-state index contributed by atoms with van der Waals surface area (Å²) < 4.78 is 22.2. The van der Waals surface area contributed by atoms with Gasteiger partial charge in [0.2, 0.25) is 0 Å². The van der Waals surface area contributed by atoms with Gasteiger partial charge in [-0.25, -0.2) is 0 Å². The summed E-state index contributed by atoms with van der Waals surface area (Å²) in [6, 6.07) is 0. The van der Waals surface area contributed by atoms with Crippen molar-refractivity contribution in [1.82, 2.24) is 0 Å². The van der Waals surface area contributed by atoms with Crippen LogP contribution in [0.4, 0.5) is 0 Å². The molecule has 0 aromatic rings. The van der Waals surface area contributed by atoms with Crippen LogP contribution in [0.1, 0.15) is 40.5 Å². The molecule has 4 nitrogen and oxygen atoms in total. The Labute approximate surface area is 94.4 Å². The lowest BCUT2D eigenvalue weighted by Crippen LogP contribution is -2.50. The van der Waals surface area contributed by atoms with Gasteiger partial charge < -0.3 is 17.7 Å². The van der Waals surface area contributed by atoms with Gasteiger partial charge in [-0.05, 0) is 26.7 Å². The molecule has 0 amide bonds. The Kier molecular flexibility index (Phi) is 8.27.